The highest BCUT2D eigenvalue weighted by Gasteiger charge is 2.02. The van der Waals surface area contributed by atoms with E-state index in [1.807, 2.05) is 25.1 Å². The van der Waals surface area contributed by atoms with Gasteiger partial charge in [0.05, 0.1) is 6.61 Å². The first-order valence-electron chi connectivity index (χ1n) is 6.15. The Kier molecular flexibility index (Phi) is 5.30. The molecule has 0 fully saturated rings. The Morgan fingerprint density at radius 3 is 2.74 bits per heavy atom. The molecule has 1 heterocycles. The molecule has 0 aliphatic heterocycles. The summed E-state index contributed by atoms with van der Waals surface area (Å²) in [6.07, 6.45) is 1.53. The van der Waals surface area contributed by atoms with E-state index in [1.54, 1.807) is 0 Å². The molecular weight excluding hydrogens is 306 g/mol. The van der Waals surface area contributed by atoms with Gasteiger partial charge in [-0.05, 0) is 34.0 Å². The van der Waals surface area contributed by atoms with E-state index in [1.165, 1.54) is 17.5 Å². The maximum absolute atomic E-state index is 5.47. The molecule has 0 amide bonds. The van der Waals surface area contributed by atoms with Gasteiger partial charge in [0.15, 0.2) is 0 Å². The first kappa shape index (κ1) is 14.0. The number of aromatic nitrogens is 2. The summed E-state index contributed by atoms with van der Waals surface area (Å²) in [5.41, 5.74) is 2.41. The summed E-state index contributed by atoms with van der Waals surface area (Å²) in [6.45, 7) is 4.08. The van der Waals surface area contributed by atoms with Crippen molar-refractivity contribution >= 4 is 21.7 Å². The SMILES string of the molecule is CCOCc1ccccc1CNc1cc(Br)ncn1. The normalized spacial score (nSPS) is 10.4. The molecule has 0 saturated carbocycles. The van der Waals surface area contributed by atoms with Gasteiger partial charge in [-0.3, -0.25) is 0 Å². The Bertz CT molecular complexity index is 534. The molecule has 100 valence electrons. The first-order valence-corrected chi connectivity index (χ1v) is 6.95. The topological polar surface area (TPSA) is 47.0 Å². The van der Waals surface area contributed by atoms with Gasteiger partial charge in [0.2, 0.25) is 0 Å². The van der Waals surface area contributed by atoms with Gasteiger partial charge in [0.25, 0.3) is 0 Å². The number of benzene rings is 1. The van der Waals surface area contributed by atoms with Gasteiger partial charge in [-0.25, -0.2) is 9.97 Å². The molecule has 5 heteroatoms. The van der Waals surface area contributed by atoms with E-state index in [0.717, 1.165) is 17.0 Å². The van der Waals surface area contributed by atoms with Gasteiger partial charge >= 0.3 is 0 Å². The minimum Gasteiger partial charge on any atom is -0.377 e. The molecule has 2 rings (SSSR count). The predicted molar refractivity (Wildman–Crippen MR) is 78.8 cm³/mol. The van der Waals surface area contributed by atoms with Crippen molar-refractivity contribution in [3.8, 4) is 0 Å². The number of anilines is 1. The van der Waals surface area contributed by atoms with E-state index in [4.69, 9.17) is 4.74 Å². The Morgan fingerprint density at radius 2 is 2.00 bits per heavy atom. The molecule has 2 aromatic rings. The molecule has 0 spiro atoms. The lowest BCUT2D eigenvalue weighted by Gasteiger charge is -2.11. The van der Waals surface area contributed by atoms with Crippen LogP contribution in [0, 0.1) is 0 Å². The van der Waals surface area contributed by atoms with Crippen LogP contribution in [-0.4, -0.2) is 16.6 Å². The van der Waals surface area contributed by atoms with Crippen molar-refractivity contribution in [1.29, 1.82) is 0 Å². The number of ether oxygens (including phenoxy) is 1. The highest BCUT2D eigenvalue weighted by atomic mass is 79.9. The number of halogens is 1. The maximum Gasteiger partial charge on any atom is 0.130 e. The second kappa shape index (κ2) is 7.21. The molecule has 0 aliphatic carbocycles. The van der Waals surface area contributed by atoms with Gasteiger partial charge in [0.1, 0.15) is 16.7 Å². The largest absolute Gasteiger partial charge is 0.377 e. The predicted octanol–water partition coefficient (Wildman–Crippen LogP) is 3.39. The lowest BCUT2D eigenvalue weighted by molar-refractivity contribution is 0.133. The second-order valence-electron chi connectivity index (χ2n) is 3.99. The smallest absolute Gasteiger partial charge is 0.130 e. The molecule has 0 radical (unpaired) electrons. The van der Waals surface area contributed by atoms with Crippen LogP contribution in [0.4, 0.5) is 5.82 Å². The Hall–Kier alpha value is -1.46. The molecule has 0 saturated heterocycles. The Balaban J connectivity index is 2.02. The molecule has 19 heavy (non-hydrogen) atoms. The molecule has 0 atom stereocenters. The number of rotatable bonds is 6. The van der Waals surface area contributed by atoms with Gasteiger partial charge in [-0.1, -0.05) is 24.3 Å². The van der Waals surface area contributed by atoms with E-state index in [0.29, 0.717) is 13.2 Å². The van der Waals surface area contributed by atoms with Crippen LogP contribution in [0.2, 0.25) is 0 Å². The summed E-state index contributed by atoms with van der Waals surface area (Å²) in [5.74, 6) is 0.799. The zero-order valence-corrected chi connectivity index (χ0v) is 12.4. The number of nitrogens with zero attached hydrogens (tertiary/aromatic N) is 2. The molecule has 1 N–H and O–H groups in total. The van der Waals surface area contributed by atoms with Crippen molar-refractivity contribution in [2.75, 3.05) is 11.9 Å². The Morgan fingerprint density at radius 1 is 1.21 bits per heavy atom. The maximum atomic E-state index is 5.47. The first-order chi connectivity index (χ1) is 9.29. The van der Waals surface area contributed by atoms with E-state index in [-0.39, 0.29) is 0 Å². The van der Waals surface area contributed by atoms with Crippen LogP contribution in [0.3, 0.4) is 0 Å². The summed E-state index contributed by atoms with van der Waals surface area (Å²) in [7, 11) is 0. The monoisotopic (exact) mass is 321 g/mol. The quantitative estimate of drug-likeness (QED) is 0.828. The van der Waals surface area contributed by atoms with E-state index >= 15 is 0 Å². The minimum atomic E-state index is 0.641. The average molecular weight is 322 g/mol. The van der Waals surface area contributed by atoms with Crippen molar-refractivity contribution < 1.29 is 4.74 Å². The highest BCUT2D eigenvalue weighted by Crippen LogP contribution is 2.14. The Labute approximate surface area is 121 Å². The van der Waals surface area contributed by atoms with E-state index in [2.05, 4.69) is 43.3 Å². The fraction of sp³-hybridized carbons (Fsp3) is 0.286. The average Bonchev–Trinajstić information content (AvgIpc) is 2.44. The molecule has 0 aliphatic rings. The minimum absolute atomic E-state index is 0.641. The molecular formula is C14H16BrN3O. The van der Waals surface area contributed by atoms with Gasteiger partial charge < -0.3 is 10.1 Å². The second-order valence-corrected chi connectivity index (χ2v) is 4.80. The van der Waals surface area contributed by atoms with Crippen LogP contribution >= 0.6 is 15.9 Å². The summed E-state index contributed by atoms with van der Waals surface area (Å²) >= 11 is 3.33. The molecule has 0 bridgehead atoms. The summed E-state index contributed by atoms with van der Waals surface area (Å²) in [4.78, 5) is 8.16. The lowest BCUT2D eigenvalue weighted by Crippen LogP contribution is -2.05. The third-order valence-corrected chi connectivity index (χ3v) is 3.11. The zero-order valence-electron chi connectivity index (χ0n) is 10.8. The van der Waals surface area contributed by atoms with Crippen LogP contribution < -0.4 is 5.32 Å². The zero-order chi connectivity index (χ0) is 13.5. The fourth-order valence-electron chi connectivity index (χ4n) is 1.70. The van der Waals surface area contributed by atoms with Crippen molar-refractivity contribution in [2.45, 2.75) is 20.1 Å². The highest BCUT2D eigenvalue weighted by molar-refractivity contribution is 9.10. The van der Waals surface area contributed by atoms with Crippen LogP contribution in [-0.2, 0) is 17.9 Å². The van der Waals surface area contributed by atoms with Crippen LogP contribution in [0.25, 0.3) is 0 Å². The van der Waals surface area contributed by atoms with Gasteiger partial charge in [-0.15, -0.1) is 0 Å². The van der Waals surface area contributed by atoms with Crippen molar-refractivity contribution in [3.05, 3.63) is 52.4 Å². The lowest BCUT2D eigenvalue weighted by atomic mass is 10.1. The van der Waals surface area contributed by atoms with Crippen molar-refractivity contribution in [2.24, 2.45) is 0 Å². The van der Waals surface area contributed by atoms with Crippen molar-refractivity contribution in [1.82, 2.24) is 9.97 Å². The standard InChI is InChI=1S/C14H16BrN3O/c1-2-19-9-12-6-4-3-5-11(12)8-16-14-7-13(15)17-10-18-14/h3-7,10H,2,8-9H2,1H3,(H,16,17,18). The van der Waals surface area contributed by atoms with Crippen molar-refractivity contribution in [3.63, 3.8) is 0 Å². The van der Waals surface area contributed by atoms with Crippen LogP contribution in [0.1, 0.15) is 18.1 Å². The number of nitrogens with one attached hydrogen (secondary N) is 1. The van der Waals surface area contributed by atoms with E-state index in [9.17, 15) is 0 Å². The molecule has 1 aromatic heterocycles. The van der Waals surface area contributed by atoms with Crippen LogP contribution in [0.15, 0.2) is 41.3 Å². The van der Waals surface area contributed by atoms with Gasteiger partial charge in [-0.2, -0.15) is 0 Å². The number of hydrogen-bond donors (Lipinski definition) is 1. The number of hydrogen-bond acceptors (Lipinski definition) is 4. The third-order valence-electron chi connectivity index (χ3n) is 2.67. The summed E-state index contributed by atoms with van der Waals surface area (Å²) in [6, 6.07) is 10.1. The summed E-state index contributed by atoms with van der Waals surface area (Å²) in [5, 5.41) is 3.28. The fourth-order valence-corrected chi connectivity index (χ4v) is 2.01. The van der Waals surface area contributed by atoms with E-state index < -0.39 is 0 Å². The summed E-state index contributed by atoms with van der Waals surface area (Å²) < 4.78 is 6.24. The molecule has 0 unspecified atom stereocenters. The van der Waals surface area contributed by atoms with Gasteiger partial charge in [0, 0.05) is 19.2 Å². The van der Waals surface area contributed by atoms with Crippen LogP contribution in [0.5, 0.6) is 0 Å². The molecule has 4 nitrogen and oxygen atoms in total. The third kappa shape index (κ3) is 4.29. The molecule has 1 aromatic carbocycles.